The number of carbonyl (C=O) groups excluding carboxylic acids is 2. The van der Waals surface area contributed by atoms with Crippen molar-refractivity contribution in [3.63, 3.8) is 0 Å². The molecule has 2 heterocycles. The zero-order chi connectivity index (χ0) is 22.5. The molecule has 1 saturated carbocycles. The molecule has 2 aromatic heterocycles. The number of amides is 1. The number of nitrogens with zero attached hydrogens (tertiary/aromatic N) is 3. The predicted molar refractivity (Wildman–Crippen MR) is 127 cm³/mol. The molecule has 32 heavy (non-hydrogen) atoms. The number of esters is 1. The Morgan fingerprint density at radius 1 is 1.22 bits per heavy atom. The Labute approximate surface area is 195 Å². The molecule has 1 N–H and O–H groups in total. The zero-order valence-corrected chi connectivity index (χ0v) is 19.8. The Hall–Kier alpha value is -2.65. The van der Waals surface area contributed by atoms with Crippen molar-refractivity contribution in [3.8, 4) is 11.1 Å². The maximum Gasteiger partial charge on any atom is 0.341 e. The van der Waals surface area contributed by atoms with Gasteiger partial charge in [0.2, 0.25) is 5.91 Å². The van der Waals surface area contributed by atoms with Crippen LogP contribution < -0.4 is 5.32 Å². The van der Waals surface area contributed by atoms with E-state index in [-0.39, 0.29) is 18.3 Å². The van der Waals surface area contributed by atoms with Gasteiger partial charge < -0.3 is 14.6 Å². The van der Waals surface area contributed by atoms with E-state index in [1.54, 1.807) is 6.92 Å². The molecule has 0 unspecified atom stereocenters. The summed E-state index contributed by atoms with van der Waals surface area (Å²) in [4.78, 5) is 25.4. The highest BCUT2D eigenvalue weighted by molar-refractivity contribution is 7.99. The summed E-state index contributed by atoms with van der Waals surface area (Å²) >= 11 is 2.67. The minimum absolute atomic E-state index is 0.178. The van der Waals surface area contributed by atoms with Crippen LogP contribution in [-0.4, -0.2) is 39.0 Å². The molecule has 0 spiro atoms. The molecule has 1 amide bonds. The number of nitrogens with one attached hydrogen (secondary N) is 1. The van der Waals surface area contributed by atoms with Gasteiger partial charge in [-0.05, 0) is 25.3 Å². The molecule has 7 nitrogen and oxygen atoms in total. The Kier molecular flexibility index (Phi) is 7.26. The standard InChI is InChI=1S/C23H26N4O3S2/c1-3-30-22(29)19-17(15-9-5-4-6-10-15)13-31-21(19)24-18(28)14-32-23-26-25-20(27(23)2)16-11-7-8-12-16/h4-6,9-10,13,16H,3,7-8,11-12,14H2,1-2H3,(H,24,28). The lowest BCUT2D eigenvalue weighted by molar-refractivity contribution is -0.113. The van der Waals surface area contributed by atoms with Crippen molar-refractivity contribution in [1.29, 1.82) is 0 Å². The third kappa shape index (κ3) is 4.88. The van der Waals surface area contributed by atoms with E-state index in [4.69, 9.17) is 4.74 Å². The third-order valence-corrected chi connectivity index (χ3v) is 7.45. The highest BCUT2D eigenvalue weighted by atomic mass is 32.2. The summed E-state index contributed by atoms with van der Waals surface area (Å²) < 4.78 is 7.25. The lowest BCUT2D eigenvalue weighted by atomic mass is 10.0. The maximum absolute atomic E-state index is 12.7. The van der Waals surface area contributed by atoms with Gasteiger partial charge in [0.1, 0.15) is 16.4 Å². The smallest absolute Gasteiger partial charge is 0.341 e. The fraction of sp³-hybridized carbons (Fsp3) is 0.391. The molecule has 168 valence electrons. The molecule has 0 atom stereocenters. The Morgan fingerprint density at radius 3 is 2.69 bits per heavy atom. The second-order valence-electron chi connectivity index (χ2n) is 7.66. The lowest BCUT2D eigenvalue weighted by Crippen LogP contribution is -2.16. The Bertz CT molecular complexity index is 1090. The van der Waals surface area contributed by atoms with E-state index < -0.39 is 5.97 Å². The molecule has 0 radical (unpaired) electrons. The first-order valence-corrected chi connectivity index (χ1v) is 12.6. The van der Waals surface area contributed by atoms with Crippen LogP contribution in [0.25, 0.3) is 11.1 Å². The molecule has 0 bridgehead atoms. The van der Waals surface area contributed by atoms with Crippen LogP contribution in [0, 0.1) is 0 Å². The van der Waals surface area contributed by atoms with Crippen molar-refractivity contribution >= 4 is 40.0 Å². The summed E-state index contributed by atoms with van der Waals surface area (Å²) in [6.45, 7) is 2.03. The van der Waals surface area contributed by atoms with Crippen LogP contribution in [0.2, 0.25) is 0 Å². The van der Waals surface area contributed by atoms with Crippen molar-refractivity contribution in [2.24, 2.45) is 7.05 Å². The van der Waals surface area contributed by atoms with Gasteiger partial charge in [-0.15, -0.1) is 21.5 Å². The number of rotatable bonds is 8. The van der Waals surface area contributed by atoms with Crippen LogP contribution in [0.4, 0.5) is 5.00 Å². The van der Waals surface area contributed by atoms with Gasteiger partial charge in [-0.3, -0.25) is 4.79 Å². The average molecular weight is 471 g/mol. The normalized spacial score (nSPS) is 13.9. The van der Waals surface area contributed by atoms with Crippen molar-refractivity contribution in [3.05, 3.63) is 47.1 Å². The van der Waals surface area contributed by atoms with E-state index in [2.05, 4.69) is 15.5 Å². The van der Waals surface area contributed by atoms with E-state index in [1.807, 2.05) is 47.3 Å². The lowest BCUT2D eigenvalue weighted by Gasteiger charge is -2.10. The maximum atomic E-state index is 12.7. The molecule has 1 aliphatic carbocycles. The SMILES string of the molecule is CCOC(=O)c1c(-c2ccccc2)csc1NC(=O)CSc1nnc(C2CCCC2)n1C. The highest BCUT2D eigenvalue weighted by Gasteiger charge is 2.25. The zero-order valence-electron chi connectivity index (χ0n) is 18.2. The molecule has 1 aliphatic rings. The summed E-state index contributed by atoms with van der Waals surface area (Å²) in [5.41, 5.74) is 2.05. The minimum Gasteiger partial charge on any atom is -0.462 e. The van der Waals surface area contributed by atoms with Crippen LogP contribution in [0.15, 0.2) is 40.9 Å². The number of hydrogen-bond acceptors (Lipinski definition) is 7. The molecular weight excluding hydrogens is 444 g/mol. The third-order valence-electron chi connectivity index (χ3n) is 5.53. The summed E-state index contributed by atoms with van der Waals surface area (Å²) in [7, 11) is 1.96. The second kappa shape index (κ2) is 10.3. The van der Waals surface area contributed by atoms with Crippen molar-refractivity contribution in [2.45, 2.75) is 43.7 Å². The summed E-state index contributed by atoms with van der Waals surface area (Å²) in [5, 5.41) is 14.6. The van der Waals surface area contributed by atoms with Gasteiger partial charge in [0.05, 0.1) is 12.4 Å². The number of carbonyl (C=O) groups is 2. The van der Waals surface area contributed by atoms with E-state index >= 15 is 0 Å². The van der Waals surface area contributed by atoms with Crippen LogP contribution in [-0.2, 0) is 16.6 Å². The molecule has 1 fully saturated rings. The van der Waals surface area contributed by atoms with E-state index in [0.717, 1.165) is 34.9 Å². The number of aromatic nitrogens is 3. The molecular formula is C23H26N4O3S2. The van der Waals surface area contributed by atoms with E-state index in [9.17, 15) is 9.59 Å². The molecule has 4 rings (SSSR count). The first-order chi connectivity index (χ1) is 15.6. The molecule has 9 heteroatoms. The van der Waals surface area contributed by atoms with E-state index in [0.29, 0.717) is 16.5 Å². The minimum atomic E-state index is -0.440. The van der Waals surface area contributed by atoms with Gasteiger partial charge >= 0.3 is 5.97 Å². The fourth-order valence-corrected chi connectivity index (χ4v) is 5.66. The predicted octanol–water partition coefficient (Wildman–Crippen LogP) is 5.11. The second-order valence-corrected chi connectivity index (χ2v) is 9.48. The number of thiophene rings is 1. The van der Waals surface area contributed by atoms with Gasteiger partial charge in [0, 0.05) is 23.9 Å². The van der Waals surface area contributed by atoms with Crippen LogP contribution in [0.5, 0.6) is 0 Å². The number of anilines is 1. The first-order valence-electron chi connectivity index (χ1n) is 10.7. The number of ether oxygens (including phenoxy) is 1. The van der Waals surface area contributed by atoms with Crippen LogP contribution in [0.1, 0.15) is 54.7 Å². The molecule has 1 aromatic carbocycles. The van der Waals surface area contributed by atoms with Crippen molar-refractivity contribution in [2.75, 3.05) is 17.7 Å². The Morgan fingerprint density at radius 2 is 1.97 bits per heavy atom. The summed E-state index contributed by atoms with van der Waals surface area (Å²) in [5.74, 6) is 1.00. The van der Waals surface area contributed by atoms with E-state index in [1.165, 1.54) is 35.9 Å². The average Bonchev–Trinajstić information content (AvgIpc) is 3.53. The quantitative estimate of drug-likeness (QED) is 0.364. The van der Waals surface area contributed by atoms with Crippen LogP contribution in [0.3, 0.4) is 0 Å². The number of thioether (sulfide) groups is 1. The first kappa shape index (κ1) is 22.5. The van der Waals surface area contributed by atoms with Gasteiger partial charge in [-0.25, -0.2) is 4.79 Å². The highest BCUT2D eigenvalue weighted by Crippen LogP contribution is 2.37. The monoisotopic (exact) mass is 470 g/mol. The fourth-order valence-electron chi connectivity index (χ4n) is 3.97. The Balaban J connectivity index is 1.46. The summed E-state index contributed by atoms with van der Waals surface area (Å²) in [6, 6.07) is 9.62. The topological polar surface area (TPSA) is 86.1 Å². The number of hydrogen-bond donors (Lipinski definition) is 1. The summed E-state index contributed by atoms with van der Waals surface area (Å²) in [6.07, 6.45) is 4.76. The van der Waals surface area contributed by atoms with Gasteiger partial charge in [0.25, 0.3) is 0 Å². The van der Waals surface area contributed by atoms with Gasteiger partial charge in [0.15, 0.2) is 5.16 Å². The number of benzene rings is 1. The molecule has 0 saturated heterocycles. The molecule has 0 aliphatic heterocycles. The van der Waals surface area contributed by atoms with Crippen molar-refractivity contribution < 1.29 is 14.3 Å². The van der Waals surface area contributed by atoms with Crippen molar-refractivity contribution in [1.82, 2.24) is 14.8 Å². The van der Waals surface area contributed by atoms with Crippen LogP contribution >= 0.6 is 23.1 Å². The van der Waals surface area contributed by atoms with Gasteiger partial charge in [-0.1, -0.05) is 54.9 Å². The molecule has 3 aromatic rings. The largest absolute Gasteiger partial charge is 0.462 e. The van der Waals surface area contributed by atoms with Gasteiger partial charge in [-0.2, -0.15) is 0 Å².